The second-order valence-electron chi connectivity index (χ2n) is 6.14. The number of aryl methyl sites for hydroxylation is 2. The van der Waals surface area contributed by atoms with Crippen molar-refractivity contribution in [2.45, 2.75) is 23.8 Å². The van der Waals surface area contributed by atoms with Gasteiger partial charge < -0.3 is 9.42 Å². The maximum Gasteiger partial charge on any atom is 0.252 e. The van der Waals surface area contributed by atoms with Gasteiger partial charge in [0.1, 0.15) is 9.97 Å². The molecule has 1 fully saturated rings. The number of rotatable bonds is 6. The fraction of sp³-hybridized carbons (Fsp3) is 0.500. The van der Waals surface area contributed by atoms with Crippen molar-refractivity contribution in [3.8, 4) is 0 Å². The fourth-order valence-electron chi connectivity index (χ4n) is 2.78. The first-order valence-corrected chi connectivity index (χ1v) is 12.1. The number of piperazine rings is 1. The van der Waals surface area contributed by atoms with Gasteiger partial charge in [-0.2, -0.15) is 4.31 Å². The number of aromatic nitrogens is 1. The van der Waals surface area contributed by atoms with Crippen LogP contribution < -0.4 is 0 Å². The smallest absolute Gasteiger partial charge is 0.252 e. The second kappa shape index (κ2) is 8.52. The summed E-state index contributed by atoms with van der Waals surface area (Å²) in [4.78, 5) is 14.1. The van der Waals surface area contributed by atoms with Crippen molar-refractivity contribution < 1.29 is 17.7 Å². The summed E-state index contributed by atoms with van der Waals surface area (Å²) in [6, 6.07) is 3.10. The number of amides is 1. The molecule has 0 unspecified atom stereocenters. The molecule has 0 bridgehead atoms. The fourth-order valence-corrected chi connectivity index (χ4v) is 6.92. The standard InChI is InChI=1S/C16H20ClN3O4S3/c1-11-13(12(2)24-18-11)9-25-10-15(21)19-5-7-20(8-6-19)27(22,23)16-4-3-14(17)26-16/h3-4H,5-10H2,1-2H3. The van der Waals surface area contributed by atoms with E-state index in [1.807, 2.05) is 13.8 Å². The Labute approximate surface area is 171 Å². The summed E-state index contributed by atoms with van der Waals surface area (Å²) >= 11 is 8.40. The quantitative estimate of drug-likeness (QED) is 0.674. The predicted octanol–water partition coefficient (Wildman–Crippen LogP) is 2.77. The summed E-state index contributed by atoms with van der Waals surface area (Å²) < 4.78 is 32.4. The highest BCUT2D eigenvalue weighted by molar-refractivity contribution is 7.99. The zero-order chi connectivity index (χ0) is 19.6. The largest absolute Gasteiger partial charge is 0.361 e. The number of hydrogen-bond donors (Lipinski definition) is 0. The maximum atomic E-state index is 12.6. The van der Waals surface area contributed by atoms with Crippen molar-refractivity contribution in [1.82, 2.24) is 14.4 Å². The summed E-state index contributed by atoms with van der Waals surface area (Å²) in [5.41, 5.74) is 1.87. The van der Waals surface area contributed by atoms with Crippen LogP contribution in [0.3, 0.4) is 0 Å². The Morgan fingerprint density at radius 1 is 1.30 bits per heavy atom. The molecule has 148 valence electrons. The molecule has 1 aliphatic rings. The van der Waals surface area contributed by atoms with Crippen molar-refractivity contribution in [3.63, 3.8) is 0 Å². The van der Waals surface area contributed by atoms with Gasteiger partial charge in [0, 0.05) is 37.5 Å². The molecule has 0 saturated carbocycles. The minimum absolute atomic E-state index is 0.0166. The highest BCUT2D eigenvalue weighted by Crippen LogP contribution is 2.28. The van der Waals surface area contributed by atoms with Gasteiger partial charge in [-0.1, -0.05) is 16.8 Å². The molecule has 1 saturated heterocycles. The van der Waals surface area contributed by atoms with Crippen LogP contribution in [0.15, 0.2) is 20.9 Å². The number of carbonyl (C=O) groups is 1. The SMILES string of the molecule is Cc1noc(C)c1CSCC(=O)N1CCN(S(=O)(=O)c2ccc(Cl)s2)CC1. The van der Waals surface area contributed by atoms with Crippen LogP contribution in [-0.4, -0.2) is 60.6 Å². The van der Waals surface area contributed by atoms with E-state index in [9.17, 15) is 13.2 Å². The van der Waals surface area contributed by atoms with Crippen LogP contribution >= 0.6 is 34.7 Å². The van der Waals surface area contributed by atoms with Crippen molar-refractivity contribution in [3.05, 3.63) is 33.5 Å². The number of sulfonamides is 1. The molecule has 11 heteroatoms. The summed E-state index contributed by atoms with van der Waals surface area (Å²) in [6.07, 6.45) is 0. The number of thioether (sulfide) groups is 1. The van der Waals surface area contributed by atoms with Crippen molar-refractivity contribution in [2.75, 3.05) is 31.9 Å². The number of thiophene rings is 1. The predicted molar refractivity (Wildman–Crippen MR) is 107 cm³/mol. The molecule has 7 nitrogen and oxygen atoms in total. The Morgan fingerprint density at radius 2 is 2.00 bits per heavy atom. The first kappa shape index (κ1) is 20.7. The minimum atomic E-state index is -3.54. The molecule has 0 atom stereocenters. The van der Waals surface area contributed by atoms with E-state index in [4.69, 9.17) is 16.1 Å². The van der Waals surface area contributed by atoms with E-state index in [-0.39, 0.29) is 23.2 Å². The van der Waals surface area contributed by atoms with Gasteiger partial charge in [-0.15, -0.1) is 23.1 Å². The second-order valence-corrected chi connectivity index (χ2v) is 11.0. The maximum absolute atomic E-state index is 12.6. The molecule has 2 aromatic rings. The zero-order valence-corrected chi connectivity index (χ0v) is 18.2. The van der Waals surface area contributed by atoms with Crippen LogP contribution in [0.2, 0.25) is 4.34 Å². The summed E-state index contributed by atoms with van der Waals surface area (Å²) in [6.45, 7) is 5.11. The summed E-state index contributed by atoms with van der Waals surface area (Å²) in [7, 11) is -3.54. The summed E-state index contributed by atoms with van der Waals surface area (Å²) in [5, 5.41) is 3.91. The Bertz CT molecular complexity index is 898. The molecule has 0 spiro atoms. The van der Waals surface area contributed by atoms with Gasteiger partial charge in [-0.3, -0.25) is 4.79 Å². The minimum Gasteiger partial charge on any atom is -0.361 e. The van der Waals surface area contributed by atoms with Crippen LogP contribution in [0.1, 0.15) is 17.0 Å². The van der Waals surface area contributed by atoms with Crippen LogP contribution in [0, 0.1) is 13.8 Å². The lowest BCUT2D eigenvalue weighted by Crippen LogP contribution is -2.50. The molecule has 3 heterocycles. The Kier molecular flexibility index (Phi) is 6.52. The number of halogens is 1. The van der Waals surface area contributed by atoms with Gasteiger partial charge in [-0.25, -0.2) is 8.42 Å². The lowest BCUT2D eigenvalue weighted by molar-refractivity contribution is -0.129. The van der Waals surface area contributed by atoms with E-state index >= 15 is 0 Å². The van der Waals surface area contributed by atoms with Gasteiger partial charge in [0.05, 0.1) is 15.8 Å². The average molecular weight is 450 g/mol. The molecule has 1 aliphatic heterocycles. The third kappa shape index (κ3) is 4.68. The van der Waals surface area contributed by atoms with Gasteiger partial charge in [0.2, 0.25) is 5.91 Å². The normalized spacial score (nSPS) is 16.0. The molecular weight excluding hydrogens is 430 g/mol. The molecular formula is C16H20ClN3O4S3. The molecule has 1 amide bonds. The number of hydrogen-bond acceptors (Lipinski definition) is 7. The molecule has 27 heavy (non-hydrogen) atoms. The van der Waals surface area contributed by atoms with E-state index in [0.29, 0.717) is 28.9 Å². The van der Waals surface area contributed by atoms with Gasteiger partial charge in [0.25, 0.3) is 10.0 Å². The van der Waals surface area contributed by atoms with Crippen LogP contribution in [0.25, 0.3) is 0 Å². The third-order valence-electron chi connectivity index (χ3n) is 4.39. The molecule has 3 rings (SSSR count). The van der Waals surface area contributed by atoms with E-state index in [1.54, 1.807) is 11.0 Å². The average Bonchev–Trinajstić information content (AvgIpc) is 3.22. The van der Waals surface area contributed by atoms with Crippen LogP contribution in [-0.2, 0) is 20.6 Å². The van der Waals surface area contributed by atoms with Crippen molar-refractivity contribution in [1.29, 1.82) is 0 Å². The van der Waals surface area contributed by atoms with Gasteiger partial charge >= 0.3 is 0 Å². The first-order chi connectivity index (χ1) is 12.8. The first-order valence-electron chi connectivity index (χ1n) is 8.32. The van der Waals surface area contributed by atoms with Crippen molar-refractivity contribution >= 4 is 50.6 Å². The van der Waals surface area contributed by atoms with E-state index in [2.05, 4.69) is 5.16 Å². The van der Waals surface area contributed by atoms with Crippen molar-refractivity contribution in [2.24, 2.45) is 0 Å². The monoisotopic (exact) mass is 449 g/mol. The highest BCUT2D eigenvalue weighted by Gasteiger charge is 2.31. The molecule has 0 aliphatic carbocycles. The Hall–Kier alpha value is -1.07. The Balaban J connectivity index is 1.49. The number of nitrogens with zero attached hydrogens (tertiary/aromatic N) is 3. The highest BCUT2D eigenvalue weighted by atomic mass is 35.5. The lowest BCUT2D eigenvalue weighted by Gasteiger charge is -2.33. The van der Waals surface area contributed by atoms with Gasteiger partial charge in [-0.05, 0) is 26.0 Å². The van der Waals surface area contributed by atoms with Gasteiger partial charge in [0.15, 0.2) is 0 Å². The molecule has 2 aromatic heterocycles. The summed E-state index contributed by atoms with van der Waals surface area (Å²) in [5.74, 6) is 1.81. The Morgan fingerprint density at radius 3 is 2.56 bits per heavy atom. The topological polar surface area (TPSA) is 83.7 Å². The number of carbonyl (C=O) groups excluding carboxylic acids is 1. The molecule has 0 radical (unpaired) electrons. The van der Waals surface area contributed by atoms with E-state index in [0.717, 1.165) is 28.4 Å². The zero-order valence-electron chi connectivity index (χ0n) is 15.0. The van der Waals surface area contributed by atoms with Crippen LogP contribution in [0.4, 0.5) is 0 Å². The van der Waals surface area contributed by atoms with E-state index in [1.165, 1.54) is 22.1 Å². The molecule has 0 aromatic carbocycles. The third-order valence-corrected chi connectivity index (χ3v) is 8.93. The van der Waals surface area contributed by atoms with Crippen LogP contribution in [0.5, 0.6) is 0 Å². The lowest BCUT2D eigenvalue weighted by atomic mass is 10.2. The molecule has 0 N–H and O–H groups in total. The van der Waals surface area contributed by atoms with E-state index < -0.39 is 10.0 Å².